The standard InChI is InChI=1S/C16H31N3O2S.HI/c1-3-21-15(20)10-6-4-5-7-11-18-16(17-2)19-13-14-9-8-12-22-14;/h14H,3-13H2,1-2H3,(H2,17,18,19);1H. The maximum absolute atomic E-state index is 11.2. The molecule has 0 spiro atoms. The monoisotopic (exact) mass is 457 g/mol. The minimum Gasteiger partial charge on any atom is -0.466 e. The van der Waals surface area contributed by atoms with Gasteiger partial charge in [0.2, 0.25) is 0 Å². The number of carbonyl (C=O) groups is 1. The van der Waals surface area contributed by atoms with Gasteiger partial charge in [0, 0.05) is 31.8 Å². The molecule has 0 aromatic heterocycles. The van der Waals surface area contributed by atoms with Gasteiger partial charge in [-0.05, 0) is 38.4 Å². The molecule has 7 heteroatoms. The lowest BCUT2D eigenvalue weighted by molar-refractivity contribution is -0.143. The molecule has 1 heterocycles. The summed E-state index contributed by atoms with van der Waals surface area (Å²) in [7, 11) is 1.82. The number of esters is 1. The predicted molar refractivity (Wildman–Crippen MR) is 110 cm³/mol. The number of thioether (sulfide) groups is 1. The van der Waals surface area contributed by atoms with E-state index in [2.05, 4.69) is 27.4 Å². The smallest absolute Gasteiger partial charge is 0.305 e. The van der Waals surface area contributed by atoms with Gasteiger partial charge in [-0.1, -0.05) is 12.8 Å². The Hall–Kier alpha value is -0.180. The van der Waals surface area contributed by atoms with E-state index in [9.17, 15) is 4.79 Å². The van der Waals surface area contributed by atoms with Crippen molar-refractivity contribution in [3.63, 3.8) is 0 Å². The molecule has 0 aromatic rings. The van der Waals surface area contributed by atoms with E-state index in [0.29, 0.717) is 13.0 Å². The van der Waals surface area contributed by atoms with Crippen LogP contribution in [-0.2, 0) is 9.53 Å². The van der Waals surface area contributed by atoms with Crippen LogP contribution >= 0.6 is 35.7 Å². The molecule has 1 aliphatic heterocycles. The second-order valence-electron chi connectivity index (χ2n) is 5.48. The molecule has 0 radical (unpaired) electrons. The summed E-state index contributed by atoms with van der Waals surface area (Å²) in [5.41, 5.74) is 0. The van der Waals surface area contributed by atoms with Crippen LogP contribution in [0.5, 0.6) is 0 Å². The van der Waals surface area contributed by atoms with Gasteiger partial charge in [0.15, 0.2) is 5.96 Å². The summed E-state index contributed by atoms with van der Waals surface area (Å²) in [4.78, 5) is 15.4. The van der Waals surface area contributed by atoms with E-state index in [0.717, 1.165) is 50.0 Å². The lowest BCUT2D eigenvalue weighted by Gasteiger charge is -2.14. The van der Waals surface area contributed by atoms with Gasteiger partial charge >= 0.3 is 5.97 Å². The van der Waals surface area contributed by atoms with Gasteiger partial charge < -0.3 is 15.4 Å². The quantitative estimate of drug-likeness (QED) is 0.174. The number of halogens is 1. The zero-order valence-corrected chi connectivity index (χ0v) is 17.6. The van der Waals surface area contributed by atoms with E-state index in [1.807, 2.05) is 14.0 Å². The number of rotatable bonds is 10. The number of hydrogen-bond donors (Lipinski definition) is 2. The van der Waals surface area contributed by atoms with Gasteiger partial charge in [-0.3, -0.25) is 9.79 Å². The van der Waals surface area contributed by atoms with Crippen molar-refractivity contribution in [2.45, 2.75) is 57.1 Å². The van der Waals surface area contributed by atoms with Crippen molar-refractivity contribution in [3.05, 3.63) is 0 Å². The molecule has 0 aliphatic carbocycles. The lowest BCUT2D eigenvalue weighted by atomic mass is 10.1. The Bertz CT molecular complexity index is 337. The summed E-state index contributed by atoms with van der Waals surface area (Å²) < 4.78 is 4.91. The van der Waals surface area contributed by atoms with Gasteiger partial charge in [-0.2, -0.15) is 11.8 Å². The molecular weight excluding hydrogens is 425 g/mol. The van der Waals surface area contributed by atoms with Crippen molar-refractivity contribution in [3.8, 4) is 0 Å². The number of guanidine groups is 1. The third-order valence-electron chi connectivity index (χ3n) is 3.65. The van der Waals surface area contributed by atoms with Crippen molar-refractivity contribution in [1.29, 1.82) is 0 Å². The Kier molecular flexibility index (Phi) is 15.2. The molecule has 1 unspecified atom stereocenters. The SMILES string of the molecule is CCOC(=O)CCCCCCNC(=NC)NCC1CCCS1.I. The van der Waals surface area contributed by atoms with E-state index in [1.54, 1.807) is 0 Å². The van der Waals surface area contributed by atoms with E-state index < -0.39 is 0 Å². The second-order valence-corrected chi connectivity index (χ2v) is 6.89. The lowest BCUT2D eigenvalue weighted by Crippen LogP contribution is -2.40. The van der Waals surface area contributed by atoms with Crippen molar-refractivity contribution in [1.82, 2.24) is 10.6 Å². The minimum absolute atomic E-state index is 0. The summed E-state index contributed by atoms with van der Waals surface area (Å²) >= 11 is 2.05. The maximum atomic E-state index is 11.2. The number of unbranched alkanes of at least 4 members (excludes halogenated alkanes) is 3. The molecule has 5 nitrogen and oxygen atoms in total. The highest BCUT2D eigenvalue weighted by Gasteiger charge is 2.15. The van der Waals surface area contributed by atoms with Crippen LogP contribution in [0.15, 0.2) is 4.99 Å². The molecule has 0 aromatic carbocycles. The van der Waals surface area contributed by atoms with Crippen LogP contribution in [0.3, 0.4) is 0 Å². The Labute approximate surface area is 162 Å². The van der Waals surface area contributed by atoms with E-state index >= 15 is 0 Å². The number of nitrogens with one attached hydrogen (secondary N) is 2. The average molecular weight is 457 g/mol. The van der Waals surface area contributed by atoms with Crippen LogP contribution in [0, 0.1) is 0 Å². The number of hydrogen-bond acceptors (Lipinski definition) is 4. The fourth-order valence-electron chi connectivity index (χ4n) is 2.42. The first kappa shape index (κ1) is 22.8. The first-order valence-electron chi connectivity index (χ1n) is 8.48. The molecule has 1 aliphatic rings. The average Bonchev–Trinajstić information content (AvgIpc) is 3.03. The first-order valence-corrected chi connectivity index (χ1v) is 9.53. The molecule has 0 amide bonds. The maximum Gasteiger partial charge on any atom is 0.305 e. The fraction of sp³-hybridized carbons (Fsp3) is 0.875. The molecule has 1 saturated heterocycles. The van der Waals surface area contributed by atoms with E-state index in [-0.39, 0.29) is 29.9 Å². The van der Waals surface area contributed by atoms with Gasteiger partial charge in [-0.15, -0.1) is 24.0 Å². The molecular formula is C16H32IN3O2S. The van der Waals surface area contributed by atoms with E-state index in [4.69, 9.17) is 4.74 Å². The van der Waals surface area contributed by atoms with Crippen molar-refractivity contribution < 1.29 is 9.53 Å². The molecule has 0 saturated carbocycles. The third-order valence-corrected chi connectivity index (χ3v) is 5.05. The summed E-state index contributed by atoms with van der Waals surface area (Å²) in [6.45, 7) is 4.25. The Morgan fingerprint density at radius 1 is 1.26 bits per heavy atom. The molecule has 2 N–H and O–H groups in total. The molecule has 1 atom stereocenters. The topological polar surface area (TPSA) is 62.7 Å². The van der Waals surface area contributed by atoms with Crippen LogP contribution in [-0.4, -0.2) is 49.7 Å². The highest BCUT2D eigenvalue weighted by atomic mass is 127. The number of ether oxygens (including phenoxy) is 1. The van der Waals surface area contributed by atoms with Crippen LogP contribution in [0.25, 0.3) is 0 Å². The Morgan fingerprint density at radius 3 is 2.70 bits per heavy atom. The number of nitrogens with zero attached hydrogens (tertiary/aromatic N) is 1. The predicted octanol–water partition coefficient (Wildman–Crippen LogP) is 3.18. The summed E-state index contributed by atoms with van der Waals surface area (Å²) in [6, 6.07) is 0. The molecule has 1 fully saturated rings. The van der Waals surface area contributed by atoms with Crippen molar-refractivity contribution in [2.24, 2.45) is 4.99 Å². The van der Waals surface area contributed by atoms with Crippen LogP contribution in [0.2, 0.25) is 0 Å². The zero-order chi connectivity index (χ0) is 16.0. The van der Waals surface area contributed by atoms with Crippen LogP contribution in [0.1, 0.15) is 51.9 Å². The molecule has 0 bridgehead atoms. The van der Waals surface area contributed by atoms with Gasteiger partial charge in [0.05, 0.1) is 6.61 Å². The van der Waals surface area contributed by atoms with Crippen LogP contribution < -0.4 is 10.6 Å². The number of carbonyl (C=O) groups excluding carboxylic acids is 1. The molecule has 1 rings (SSSR count). The van der Waals surface area contributed by atoms with Gasteiger partial charge in [0.1, 0.15) is 0 Å². The highest BCUT2D eigenvalue weighted by Crippen LogP contribution is 2.25. The Morgan fingerprint density at radius 2 is 2.04 bits per heavy atom. The van der Waals surface area contributed by atoms with Crippen molar-refractivity contribution >= 4 is 47.7 Å². The summed E-state index contributed by atoms with van der Waals surface area (Å²) in [5.74, 6) is 2.12. The number of aliphatic imine (C=N–C) groups is 1. The summed E-state index contributed by atoms with van der Waals surface area (Å²) in [6.07, 6.45) is 7.42. The van der Waals surface area contributed by atoms with Gasteiger partial charge in [0.25, 0.3) is 0 Å². The largest absolute Gasteiger partial charge is 0.466 e. The second kappa shape index (κ2) is 15.4. The summed E-state index contributed by atoms with van der Waals surface area (Å²) in [5, 5.41) is 7.49. The molecule has 23 heavy (non-hydrogen) atoms. The molecule has 136 valence electrons. The minimum atomic E-state index is -0.0741. The Balaban J connectivity index is 0.00000484. The third kappa shape index (κ3) is 11.9. The highest BCUT2D eigenvalue weighted by molar-refractivity contribution is 14.0. The van der Waals surface area contributed by atoms with Gasteiger partial charge in [-0.25, -0.2) is 0 Å². The first-order chi connectivity index (χ1) is 10.8. The fourth-order valence-corrected chi connectivity index (χ4v) is 3.63. The van der Waals surface area contributed by atoms with E-state index in [1.165, 1.54) is 18.6 Å². The zero-order valence-electron chi connectivity index (χ0n) is 14.4. The van der Waals surface area contributed by atoms with Crippen LogP contribution in [0.4, 0.5) is 0 Å². The van der Waals surface area contributed by atoms with Crippen molar-refractivity contribution in [2.75, 3.05) is 32.5 Å². The normalized spacial score (nSPS) is 17.5.